The molecule has 1 aliphatic heterocycles. The topological polar surface area (TPSA) is 56.8 Å². The highest BCUT2D eigenvalue weighted by molar-refractivity contribution is 5.71. The first-order chi connectivity index (χ1) is 8.20. The van der Waals surface area contributed by atoms with E-state index in [0.717, 1.165) is 17.1 Å². The first kappa shape index (κ1) is 11.7. The van der Waals surface area contributed by atoms with Crippen LogP contribution in [0.3, 0.4) is 0 Å². The second kappa shape index (κ2) is 5.05. The fraction of sp³-hybridized carbons (Fsp3) is 0.417. The Morgan fingerprint density at radius 3 is 3.00 bits per heavy atom. The van der Waals surface area contributed by atoms with Crippen LogP contribution in [0.15, 0.2) is 18.2 Å². The lowest BCUT2D eigenvalue weighted by Crippen LogP contribution is -2.26. The Balaban J connectivity index is 1.99. The van der Waals surface area contributed by atoms with Crippen LogP contribution in [0.25, 0.3) is 0 Å². The zero-order chi connectivity index (χ0) is 12.3. The highest BCUT2D eigenvalue weighted by Gasteiger charge is 2.15. The van der Waals surface area contributed by atoms with Crippen LogP contribution in [0.1, 0.15) is 18.5 Å². The highest BCUT2D eigenvalue weighted by atomic mass is 16.7. The number of hydrogen-bond acceptors (Lipinski definition) is 5. The smallest absolute Gasteiger partial charge is 0.319 e. The number of carbonyl (C=O) groups excluding carboxylic acids is 1. The summed E-state index contributed by atoms with van der Waals surface area (Å²) in [7, 11) is 1.37. The molecule has 5 nitrogen and oxygen atoms in total. The molecule has 0 aromatic heterocycles. The van der Waals surface area contributed by atoms with Gasteiger partial charge in [-0.15, -0.1) is 0 Å². The van der Waals surface area contributed by atoms with E-state index in [9.17, 15) is 4.79 Å². The summed E-state index contributed by atoms with van der Waals surface area (Å²) in [5.41, 5.74) is 1.04. The number of carbonyl (C=O) groups is 1. The fourth-order valence-electron chi connectivity index (χ4n) is 1.61. The third-order valence-electron chi connectivity index (χ3n) is 2.68. The van der Waals surface area contributed by atoms with E-state index in [2.05, 4.69) is 10.1 Å². The molecule has 92 valence electrons. The average molecular weight is 237 g/mol. The van der Waals surface area contributed by atoms with Crippen LogP contribution in [-0.2, 0) is 9.53 Å². The largest absolute Gasteiger partial charge is 0.468 e. The monoisotopic (exact) mass is 237 g/mol. The van der Waals surface area contributed by atoms with Crippen LogP contribution in [-0.4, -0.2) is 26.4 Å². The predicted octanol–water partition coefficient (Wildman–Crippen LogP) is 1.24. The Morgan fingerprint density at radius 1 is 1.47 bits per heavy atom. The molecular formula is C12H15NO4. The molecule has 0 fully saturated rings. The number of rotatable bonds is 4. The van der Waals surface area contributed by atoms with Gasteiger partial charge in [0.05, 0.1) is 13.7 Å². The normalized spacial score (nSPS) is 14.5. The number of hydrogen-bond donors (Lipinski definition) is 1. The summed E-state index contributed by atoms with van der Waals surface area (Å²) in [4.78, 5) is 11.0. The van der Waals surface area contributed by atoms with Crippen molar-refractivity contribution in [1.82, 2.24) is 5.32 Å². The summed E-state index contributed by atoms with van der Waals surface area (Å²) in [5, 5.41) is 3.07. The van der Waals surface area contributed by atoms with Crippen LogP contribution < -0.4 is 14.8 Å². The van der Waals surface area contributed by atoms with E-state index in [1.807, 2.05) is 25.1 Å². The van der Waals surface area contributed by atoms with Crippen LogP contribution in [0.5, 0.6) is 11.5 Å². The fourth-order valence-corrected chi connectivity index (χ4v) is 1.61. The molecule has 0 spiro atoms. The molecule has 1 aromatic rings. The number of nitrogens with one attached hydrogen (secondary N) is 1. The van der Waals surface area contributed by atoms with Crippen LogP contribution in [0, 0.1) is 0 Å². The molecule has 0 bridgehead atoms. The Bertz CT molecular complexity index is 419. The average Bonchev–Trinajstić information content (AvgIpc) is 2.82. The van der Waals surface area contributed by atoms with E-state index in [4.69, 9.17) is 9.47 Å². The Labute approximate surface area is 99.7 Å². The lowest BCUT2D eigenvalue weighted by Gasteiger charge is -2.13. The number of fused-ring (bicyclic) bond motifs is 1. The Morgan fingerprint density at radius 2 is 2.24 bits per heavy atom. The maximum Gasteiger partial charge on any atom is 0.319 e. The molecule has 1 heterocycles. The van der Waals surface area contributed by atoms with E-state index in [0.29, 0.717) is 0 Å². The summed E-state index contributed by atoms with van der Waals surface area (Å²) >= 11 is 0. The van der Waals surface area contributed by atoms with E-state index in [1.165, 1.54) is 7.11 Å². The van der Waals surface area contributed by atoms with Crippen molar-refractivity contribution >= 4 is 5.97 Å². The minimum absolute atomic E-state index is 0.0450. The van der Waals surface area contributed by atoms with Gasteiger partial charge in [0.25, 0.3) is 0 Å². The van der Waals surface area contributed by atoms with Crippen LogP contribution >= 0.6 is 0 Å². The summed E-state index contributed by atoms with van der Waals surface area (Å²) in [5.74, 6) is 1.22. The van der Waals surface area contributed by atoms with Gasteiger partial charge >= 0.3 is 5.97 Å². The third kappa shape index (κ3) is 2.68. The van der Waals surface area contributed by atoms with E-state index in [1.54, 1.807) is 0 Å². The first-order valence-electron chi connectivity index (χ1n) is 5.40. The van der Waals surface area contributed by atoms with E-state index < -0.39 is 0 Å². The number of methoxy groups -OCH3 is 1. The van der Waals surface area contributed by atoms with Crippen LogP contribution in [0.4, 0.5) is 0 Å². The standard InChI is InChI=1S/C12H15NO4/c1-8(13-6-12(14)15-2)9-3-4-10-11(5-9)17-7-16-10/h3-5,8,13H,6-7H2,1-2H3. The van der Waals surface area contributed by atoms with E-state index in [-0.39, 0.29) is 25.3 Å². The van der Waals surface area contributed by atoms with Crippen molar-refractivity contribution in [2.75, 3.05) is 20.4 Å². The predicted molar refractivity (Wildman–Crippen MR) is 61.0 cm³/mol. The van der Waals surface area contributed by atoms with Gasteiger partial charge in [-0.3, -0.25) is 4.79 Å². The van der Waals surface area contributed by atoms with Crippen molar-refractivity contribution in [3.63, 3.8) is 0 Å². The molecule has 1 unspecified atom stereocenters. The van der Waals surface area contributed by atoms with Crippen molar-refractivity contribution in [1.29, 1.82) is 0 Å². The van der Waals surface area contributed by atoms with Crippen molar-refractivity contribution in [3.8, 4) is 11.5 Å². The van der Waals surface area contributed by atoms with Crippen molar-refractivity contribution in [2.24, 2.45) is 0 Å². The Hall–Kier alpha value is -1.75. The SMILES string of the molecule is COC(=O)CNC(C)c1ccc2c(c1)OCO2. The maximum absolute atomic E-state index is 11.0. The van der Waals surface area contributed by atoms with Crippen molar-refractivity contribution in [2.45, 2.75) is 13.0 Å². The van der Waals surface area contributed by atoms with Gasteiger partial charge in [0, 0.05) is 6.04 Å². The summed E-state index contributed by atoms with van der Waals surface area (Å²) in [6.45, 7) is 2.43. The number of ether oxygens (including phenoxy) is 3. The molecular weight excluding hydrogens is 222 g/mol. The van der Waals surface area contributed by atoms with Crippen molar-refractivity contribution < 1.29 is 19.0 Å². The van der Waals surface area contributed by atoms with Gasteiger partial charge in [0.2, 0.25) is 6.79 Å². The van der Waals surface area contributed by atoms with Gasteiger partial charge in [0.1, 0.15) is 0 Å². The van der Waals surface area contributed by atoms with Crippen molar-refractivity contribution in [3.05, 3.63) is 23.8 Å². The van der Waals surface area contributed by atoms with Gasteiger partial charge < -0.3 is 19.5 Å². The minimum Gasteiger partial charge on any atom is -0.468 e. The molecule has 1 aromatic carbocycles. The molecule has 1 atom stereocenters. The lowest BCUT2D eigenvalue weighted by atomic mass is 10.1. The molecule has 5 heteroatoms. The second-order valence-electron chi connectivity index (χ2n) is 3.79. The third-order valence-corrected chi connectivity index (χ3v) is 2.68. The van der Waals surface area contributed by atoms with Crippen LogP contribution in [0.2, 0.25) is 0 Å². The first-order valence-corrected chi connectivity index (χ1v) is 5.40. The Kier molecular flexibility index (Phi) is 3.49. The van der Waals surface area contributed by atoms with Gasteiger partial charge in [0.15, 0.2) is 11.5 Å². The summed E-state index contributed by atoms with van der Waals surface area (Å²) < 4.78 is 15.1. The van der Waals surface area contributed by atoms with Gasteiger partial charge in [-0.2, -0.15) is 0 Å². The zero-order valence-corrected chi connectivity index (χ0v) is 9.86. The molecule has 0 amide bonds. The molecule has 1 aliphatic rings. The van der Waals surface area contributed by atoms with Gasteiger partial charge in [-0.25, -0.2) is 0 Å². The lowest BCUT2D eigenvalue weighted by molar-refractivity contribution is -0.139. The second-order valence-corrected chi connectivity index (χ2v) is 3.79. The van der Waals surface area contributed by atoms with Gasteiger partial charge in [-0.1, -0.05) is 6.07 Å². The number of esters is 1. The molecule has 0 saturated carbocycles. The molecule has 0 radical (unpaired) electrons. The molecule has 1 N–H and O–H groups in total. The quantitative estimate of drug-likeness (QED) is 0.798. The maximum atomic E-state index is 11.0. The summed E-state index contributed by atoms with van der Waals surface area (Å²) in [6.07, 6.45) is 0. The summed E-state index contributed by atoms with van der Waals surface area (Å²) in [6, 6.07) is 5.77. The highest BCUT2D eigenvalue weighted by Crippen LogP contribution is 2.33. The molecule has 2 rings (SSSR count). The zero-order valence-electron chi connectivity index (χ0n) is 9.86. The van der Waals surface area contributed by atoms with E-state index >= 15 is 0 Å². The molecule has 17 heavy (non-hydrogen) atoms. The molecule has 0 aliphatic carbocycles. The minimum atomic E-state index is -0.280. The van der Waals surface area contributed by atoms with Gasteiger partial charge in [-0.05, 0) is 24.6 Å². The molecule has 0 saturated heterocycles. The number of benzene rings is 1.